The Hall–Kier alpha value is -6.11. The second-order valence-corrected chi connectivity index (χ2v) is 22.8. The highest BCUT2D eigenvalue weighted by Crippen LogP contribution is 2.45. The standard InChI is InChI=1S/C30H29OP.C29H25O2P/c1-23-21-24-9-8-10-27-20-17-25(16-19-26(23)18-15-24)22-30(27)32(31,28-11-4-2-5-12-28)29-13-6-3-7-14-29;1-21-18-24-17-16-23(21)14-12-22-13-15-25(20-28(24)30)29(19-22)32(31,26-8-4-2-5-9-26)27-10-6-3-7-11-27/h2-7,11-15,17-18,20-22H,8-10,16,19H2,1H3;2-11,13,15-19H,12,14,20H2,1H3. The molecule has 0 saturated heterocycles. The summed E-state index contributed by atoms with van der Waals surface area (Å²) in [5.74, 6) is 0.0573. The number of ketones is 1. The minimum absolute atomic E-state index is 0.0573. The fraction of sp³-hybridized carbons (Fsp3) is 0.169. The van der Waals surface area contributed by atoms with Crippen LogP contribution in [-0.4, -0.2) is 5.78 Å². The van der Waals surface area contributed by atoms with Crippen LogP contribution in [0.2, 0.25) is 0 Å². The Morgan fingerprint density at radius 1 is 0.359 bits per heavy atom. The molecule has 0 fully saturated rings. The van der Waals surface area contributed by atoms with Gasteiger partial charge in [-0.1, -0.05) is 176 Å². The number of carbonyl (C=O) groups is 1. The second kappa shape index (κ2) is 18.9. The summed E-state index contributed by atoms with van der Waals surface area (Å²) in [6.45, 7) is 4.30. The zero-order valence-corrected chi connectivity index (χ0v) is 38.5. The molecule has 0 amide bonds. The highest BCUT2D eigenvalue weighted by molar-refractivity contribution is 7.85. The SMILES string of the molecule is Cc1cc2ccc1CCc1ccc(c(P(=O)(c3ccccc3)c3ccccc3)c1)CC2=O.Cc1cc2ccc1CCc1ccc(c(P(=O)(c3ccccc3)c3ccccc3)c1)CCC2. The molecule has 0 unspecified atom stereocenters. The third-order valence-corrected chi connectivity index (χ3v) is 19.4. The van der Waals surface area contributed by atoms with Gasteiger partial charge >= 0.3 is 0 Å². The van der Waals surface area contributed by atoms with E-state index in [4.69, 9.17) is 0 Å². The van der Waals surface area contributed by atoms with Gasteiger partial charge in [-0.2, -0.15) is 0 Å². The van der Waals surface area contributed by atoms with Crippen LogP contribution in [0.4, 0.5) is 0 Å². The van der Waals surface area contributed by atoms with Crippen LogP contribution in [0.3, 0.4) is 0 Å². The van der Waals surface area contributed by atoms with Gasteiger partial charge in [0.2, 0.25) is 0 Å². The Bertz CT molecular complexity index is 2940. The molecule has 0 saturated carbocycles. The number of Topliss-reactive ketones (excluding diaryl/α,β-unsaturated/α-hetero) is 1. The normalized spacial score (nSPS) is 13.8. The van der Waals surface area contributed by atoms with Crippen molar-refractivity contribution < 1.29 is 13.9 Å². The van der Waals surface area contributed by atoms with E-state index in [1.807, 2.05) is 140 Å². The van der Waals surface area contributed by atoms with Crippen LogP contribution in [0, 0.1) is 13.8 Å². The van der Waals surface area contributed by atoms with Gasteiger partial charge < -0.3 is 9.13 Å². The van der Waals surface area contributed by atoms with Crippen molar-refractivity contribution in [2.24, 2.45) is 0 Å². The maximum Gasteiger partial charge on any atom is 0.171 e. The molecule has 0 radical (unpaired) electrons. The summed E-state index contributed by atoms with van der Waals surface area (Å²) in [7, 11) is -6.13. The number of hydrogen-bond donors (Lipinski definition) is 0. The molecule has 318 valence electrons. The van der Waals surface area contributed by atoms with Crippen LogP contribution in [0.1, 0.15) is 66.8 Å². The van der Waals surface area contributed by atoms with Gasteiger partial charge in [-0.15, -0.1) is 0 Å². The number of hydrogen-bond acceptors (Lipinski definition) is 3. The summed E-state index contributed by atoms with van der Waals surface area (Å²) >= 11 is 0. The Balaban J connectivity index is 0.000000162. The highest BCUT2D eigenvalue weighted by Gasteiger charge is 2.34. The highest BCUT2D eigenvalue weighted by atomic mass is 31.2. The van der Waals surface area contributed by atoms with Crippen LogP contribution in [0.25, 0.3) is 0 Å². The number of benzene rings is 8. The molecule has 0 spiro atoms. The van der Waals surface area contributed by atoms with Crippen molar-refractivity contribution in [2.45, 2.75) is 65.2 Å². The monoisotopic (exact) mass is 872 g/mol. The molecular weight excluding hydrogens is 819 g/mol. The molecule has 0 N–H and O–H groups in total. The molecule has 0 atom stereocenters. The first-order chi connectivity index (χ1) is 31.2. The van der Waals surface area contributed by atoms with Crippen molar-refractivity contribution in [3.63, 3.8) is 0 Å². The lowest BCUT2D eigenvalue weighted by Crippen LogP contribution is -2.29. The van der Waals surface area contributed by atoms with Crippen molar-refractivity contribution >= 4 is 51.9 Å². The first-order valence-corrected chi connectivity index (χ1v) is 26.0. The van der Waals surface area contributed by atoms with Gasteiger partial charge in [-0.3, -0.25) is 4.79 Å². The van der Waals surface area contributed by atoms with Gasteiger partial charge in [0.05, 0.1) is 0 Å². The summed E-state index contributed by atoms with van der Waals surface area (Å²) in [5, 5.41) is 5.22. The smallest absolute Gasteiger partial charge is 0.171 e. The summed E-state index contributed by atoms with van der Waals surface area (Å²) in [6.07, 6.45) is 6.98. The Morgan fingerprint density at radius 3 is 1.20 bits per heavy atom. The van der Waals surface area contributed by atoms with Crippen LogP contribution in [-0.2, 0) is 54.1 Å². The van der Waals surface area contributed by atoms with Crippen molar-refractivity contribution in [1.29, 1.82) is 0 Å². The van der Waals surface area contributed by atoms with Crippen LogP contribution in [0.5, 0.6) is 0 Å². The second-order valence-electron chi connectivity index (χ2n) is 17.3. The van der Waals surface area contributed by atoms with Crippen molar-refractivity contribution in [1.82, 2.24) is 0 Å². The van der Waals surface area contributed by atoms with E-state index in [2.05, 4.69) is 68.4 Å². The third-order valence-electron chi connectivity index (χ3n) is 13.2. The molecule has 3 nitrogen and oxygen atoms in total. The van der Waals surface area contributed by atoms with E-state index in [1.165, 1.54) is 33.4 Å². The van der Waals surface area contributed by atoms with E-state index in [-0.39, 0.29) is 12.2 Å². The van der Waals surface area contributed by atoms with Gasteiger partial charge in [0.25, 0.3) is 0 Å². The minimum atomic E-state index is -3.15. The van der Waals surface area contributed by atoms with Crippen LogP contribution in [0.15, 0.2) is 194 Å². The van der Waals surface area contributed by atoms with Crippen molar-refractivity contribution in [2.75, 3.05) is 0 Å². The lowest BCUT2D eigenvalue weighted by molar-refractivity contribution is 0.0993. The van der Waals surface area contributed by atoms with Crippen molar-refractivity contribution in [3.8, 4) is 0 Å². The average molecular weight is 873 g/mol. The van der Waals surface area contributed by atoms with Gasteiger partial charge in [-0.25, -0.2) is 0 Å². The Morgan fingerprint density at radius 2 is 0.750 bits per heavy atom. The zero-order chi connectivity index (χ0) is 44.1. The molecule has 64 heavy (non-hydrogen) atoms. The molecule has 0 aliphatic heterocycles. The fourth-order valence-corrected chi connectivity index (χ4v) is 15.5. The van der Waals surface area contributed by atoms with Crippen LogP contribution >= 0.6 is 14.3 Å². The molecule has 0 heterocycles. The van der Waals surface area contributed by atoms with E-state index >= 15 is 9.13 Å². The molecule has 8 bridgehead atoms. The summed E-state index contributed by atoms with van der Waals surface area (Å²) < 4.78 is 30.1. The predicted octanol–water partition coefficient (Wildman–Crippen LogP) is 11.1. The van der Waals surface area contributed by atoms with E-state index in [0.717, 1.165) is 99.0 Å². The van der Waals surface area contributed by atoms with Gasteiger partial charge in [-0.05, 0) is 127 Å². The maximum atomic E-state index is 15.1. The molecule has 0 aromatic heterocycles. The summed E-state index contributed by atoms with van der Waals surface area (Å²) in [6, 6.07) is 65.4. The molecule has 8 aliphatic rings. The lowest BCUT2D eigenvalue weighted by Gasteiger charge is -2.24. The molecule has 8 aliphatic carbocycles. The minimum Gasteiger partial charge on any atom is -0.309 e. The first kappa shape index (κ1) is 43.2. The topological polar surface area (TPSA) is 51.2 Å². The average Bonchev–Trinajstić information content (AvgIpc) is 3.38. The lowest BCUT2D eigenvalue weighted by atomic mass is 9.93. The number of rotatable bonds is 6. The van der Waals surface area contributed by atoms with E-state index in [0.29, 0.717) is 0 Å². The van der Waals surface area contributed by atoms with Crippen molar-refractivity contribution in [3.05, 3.63) is 250 Å². The molecular formula is C59H54O3P2. The molecule has 16 rings (SSSR count). The summed E-state index contributed by atoms with van der Waals surface area (Å²) in [4.78, 5) is 13.2. The zero-order valence-electron chi connectivity index (χ0n) is 36.8. The quantitative estimate of drug-likeness (QED) is 0.156. The van der Waals surface area contributed by atoms with Gasteiger partial charge in [0, 0.05) is 43.8 Å². The molecule has 5 heteroatoms. The number of carbonyl (C=O) groups excluding carboxylic acids is 1. The first-order valence-electron chi connectivity index (χ1n) is 22.6. The Labute approximate surface area is 379 Å². The largest absolute Gasteiger partial charge is 0.309 e. The van der Waals surface area contributed by atoms with E-state index in [9.17, 15) is 4.79 Å². The van der Waals surface area contributed by atoms with E-state index < -0.39 is 14.3 Å². The van der Waals surface area contributed by atoms with Crippen LogP contribution < -0.4 is 31.8 Å². The molecule has 8 aromatic carbocycles. The predicted molar refractivity (Wildman–Crippen MR) is 269 cm³/mol. The molecule has 8 aromatic rings. The van der Waals surface area contributed by atoms with Gasteiger partial charge in [0.15, 0.2) is 20.1 Å². The van der Waals surface area contributed by atoms with Gasteiger partial charge in [0.1, 0.15) is 0 Å². The maximum absolute atomic E-state index is 15.1. The third kappa shape index (κ3) is 8.86. The Kier molecular flexibility index (Phi) is 12.8. The summed E-state index contributed by atoms with van der Waals surface area (Å²) in [5.41, 5.74) is 11.8. The fourth-order valence-electron chi connectivity index (χ4n) is 9.54. The number of aryl methyl sites for hydroxylation is 8. The van der Waals surface area contributed by atoms with E-state index in [1.54, 1.807) is 0 Å².